The average Bonchev–Trinajstić information content (AvgIpc) is 3.01. The summed E-state index contributed by atoms with van der Waals surface area (Å²) in [5, 5.41) is 7.14. The third kappa shape index (κ3) is 3.28. The summed E-state index contributed by atoms with van der Waals surface area (Å²) < 4.78 is 5.21. The molecule has 1 heterocycles. The van der Waals surface area contributed by atoms with Crippen LogP contribution in [0, 0.1) is 0 Å². The summed E-state index contributed by atoms with van der Waals surface area (Å²) in [5.74, 6) is 2.20. The fourth-order valence-corrected chi connectivity index (χ4v) is 1.67. The standard InChI is InChI=1S/C11H20N4O/c1-12-6-3-7-15(2)8-10-13-11(16-14-10)9-4-5-9/h9,12H,3-8H2,1-2H3. The lowest BCUT2D eigenvalue weighted by Crippen LogP contribution is -2.22. The molecular formula is C11H20N4O. The highest BCUT2D eigenvalue weighted by molar-refractivity contribution is 5.01. The van der Waals surface area contributed by atoms with Gasteiger partial charge in [0.1, 0.15) is 0 Å². The van der Waals surface area contributed by atoms with E-state index < -0.39 is 0 Å². The van der Waals surface area contributed by atoms with E-state index in [0.29, 0.717) is 5.92 Å². The molecule has 0 spiro atoms. The predicted molar refractivity (Wildman–Crippen MR) is 61.2 cm³/mol. The molecule has 1 aliphatic carbocycles. The third-order valence-electron chi connectivity index (χ3n) is 2.79. The summed E-state index contributed by atoms with van der Waals surface area (Å²) in [5.41, 5.74) is 0. The molecule has 0 amide bonds. The SMILES string of the molecule is CNCCCN(C)Cc1noc(C2CC2)n1. The van der Waals surface area contributed by atoms with E-state index in [2.05, 4.69) is 27.4 Å². The van der Waals surface area contributed by atoms with Gasteiger partial charge in [0.2, 0.25) is 5.89 Å². The van der Waals surface area contributed by atoms with Crippen LogP contribution in [0.1, 0.15) is 36.9 Å². The Morgan fingerprint density at radius 1 is 1.50 bits per heavy atom. The monoisotopic (exact) mass is 224 g/mol. The molecule has 0 unspecified atom stereocenters. The van der Waals surface area contributed by atoms with Crippen LogP contribution < -0.4 is 5.32 Å². The lowest BCUT2D eigenvalue weighted by atomic mass is 10.4. The quantitative estimate of drug-likeness (QED) is 0.700. The van der Waals surface area contributed by atoms with Gasteiger partial charge in [-0.15, -0.1) is 0 Å². The van der Waals surface area contributed by atoms with Crippen molar-refractivity contribution in [2.45, 2.75) is 31.7 Å². The van der Waals surface area contributed by atoms with Gasteiger partial charge in [-0.05, 0) is 46.4 Å². The van der Waals surface area contributed by atoms with Gasteiger partial charge >= 0.3 is 0 Å². The first-order valence-electron chi connectivity index (χ1n) is 5.95. The van der Waals surface area contributed by atoms with E-state index in [1.54, 1.807) is 0 Å². The topological polar surface area (TPSA) is 54.2 Å². The van der Waals surface area contributed by atoms with Crippen molar-refractivity contribution in [3.05, 3.63) is 11.7 Å². The van der Waals surface area contributed by atoms with Crippen LogP contribution in [0.3, 0.4) is 0 Å². The van der Waals surface area contributed by atoms with Crippen LogP contribution in [-0.4, -0.2) is 42.2 Å². The van der Waals surface area contributed by atoms with Crippen molar-refractivity contribution in [2.75, 3.05) is 27.2 Å². The second-order valence-corrected chi connectivity index (χ2v) is 4.52. The van der Waals surface area contributed by atoms with Crippen LogP contribution in [0.5, 0.6) is 0 Å². The Labute approximate surface area is 96.2 Å². The molecule has 90 valence electrons. The molecule has 0 radical (unpaired) electrons. The van der Waals surface area contributed by atoms with E-state index in [4.69, 9.17) is 4.52 Å². The Balaban J connectivity index is 1.74. The maximum Gasteiger partial charge on any atom is 0.229 e. The van der Waals surface area contributed by atoms with Gasteiger partial charge in [0.05, 0.1) is 6.54 Å². The van der Waals surface area contributed by atoms with Crippen molar-refractivity contribution in [2.24, 2.45) is 0 Å². The van der Waals surface area contributed by atoms with Gasteiger partial charge in [-0.2, -0.15) is 4.98 Å². The number of aromatic nitrogens is 2. The molecule has 1 N–H and O–H groups in total. The van der Waals surface area contributed by atoms with Crippen molar-refractivity contribution >= 4 is 0 Å². The Bertz CT molecular complexity index is 322. The van der Waals surface area contributed by atoms with E-state index in [0.717, 1.165) is 37.8 Å². The minimum absolute atomic E-state index is 0.552. The minimum atomic E-state index is 0.552. The number of rotatable bonds is 7. The molecule has 1 aromatic rings. The van der Waals surface area contributed by atoms with Crippen LogP contribution >= 0.6 is 0 Å². The second-order valence-electron chi connectivity index (χ2n) is 4.52. The van der Waals surface area contributed by atoms with Crippen molar-refractivity contribution in [1.29, 1.82) is 0 Å². The number of nitrogens with zero attached hydrogens (tertiary/aromatic N) is 3. The Hall–Kier alpha value is -0.940. The number of nitrogens with one attached hydrogen (secondary N) is 1. The normalized spacial score (nSPS) is 15.9. The van der Waals surface area contributed by atoms with Crippen molar-refractivity contribution in [3.63, 3.8) is 0 Å². The van der Waals surface area contributed by atoms with Crippen LogP contribution in [0.4, 0.5) is 0 Å². The molecular weight excluding hydrogens is 204 g/mol. The fourth-order valence-electron chi connectivity index (χ4n) is 1.67. The van der Waals surface area contributed by atoms with E-state index in [-0.39, 0.29) is 0 Å². The molecule has 0 saturated heterocycles. The second kappa shape index (κ2) is 5.41. The van der Waals surface area contributed by atoms with Crippen LogP contribution in [0.15, 0.2) is 4.52 Å². The van der Waals surface area contributed by atoms with Crippen LogP contribution in [0.25, 0.3) is 0 Å². The van der Waals surface area contributed by atoms with Gasteiger partial charge in [-0.3, -0.25) is 4.90 Å². The molecule has 1 fully saturated rings. The minimum Gasteiger partial charge on any atom is -0.339 e. The van der Waals surface area contributed by atoms with E-state index in [1.165, 1.54) is 12.8 Å². The van der Waals surface area contributed by atoms with Crippen molar-refractivity contribution in [3.8, 4) is 0 Å². The van der Waals surface area contributed by atoms with Gasteiger partial charge < -0.3 is 9.84 Å². The first kappa shape index (κ1) is 11.5. The Kier molecular flexibility index (Phi) is 3.90. The zero-order chi connectivity index (χ0) is 11.4. The van der Waals surface area contributed by atoms with Crippen LogP contribution in [0.2, 0.25) is 0 Å². The molecule has 2 rings (SSSR count). The highest BCUT2D eigenvalue weighted by Gasteiger charge is 2.29. The number of hydrogen-bond donors (Lipinski definition) is 1. The zero-order valence-electron chi connectivity index (χ0n) is 10.1. The summed E-state index contributed by atoms with van der Waals surface area (Å²) in [6.07, 6.45) is 3.56. The lowest BCUT2D eigenvalue weighted by molar-refractivity contribution is 0.302. The highest BCUT2D eigenvalue weighted by atomic mass is 16.5. The summed E-state index contributed by atoms with van der Waals surface area (Å²) >= 11 is 0. The molecule has 1 aromatic heterocycles. The average molecular weight is 224 g/mol. The molecule has 0 aliphatic heterocycles. The van der Waals surface area contributed by atoms with Crippen LogP contribution in [-0.2, 0) is 6.54 Å². The van der Waals surface area contributed by atoms with E-state index in [9.17, 15) is 0 Å². The molecule has 16 heavy (non-hydrogen) atoms. The molecule has 1 aliphatic rings. The molecule has 1 saturated carbocycles. The smallest absolute Gasteiger partial charge is 0.229 e. The highest BCUT2D eigenvalue weighted by Crippen LogP contribution is 2.38. The largest absolute Gasteiger partial charge is 0.339 e. The molecule has 0 atom stereocenters. The summed E-state index contributed by atoms with van der Waals surface area (Å²) in [6, 6.07) is 0. The molecule has 0 aromatic carbocycles. The third-order valence-corrected chi connectivity index (χ3v) is 2.79. The Morgan fingerprint density at radius 3 is 3.00 bits per heavy atom. The van der Waals surface area contributed by atoms with Gasteiger partial charge in [-0.25, -0.2) is 0 Å². The fraction of sp³-hybridized carbons (Fsp3) is 0.818. The van der Waals surface area contributed by atoms with E-state index >= 15 is 0 Å². The Morgan fingerprint density at radius 2 is 2.31 bits per heavy atom. The summed E-state index contributed by atoms with van der Waals surface area (Å²) in [4.78, 5) is 6.63. The number of hydrogen-bond acceptors (Lipinski definition) is 5. The maximum atomic E-state index is 5.21. The molecule has 5 nitrogen and oxygen atoms in total. The van der Waals surface area contributed by atoms with Gasteiger partial charge in [-0.1, -0.05) is 5.16 Å². The molecule has 0 bridgehead atoms. The predicted octanol–water partition coefficient (Wildman–Crippen LogP) is 0.988. The summed E-state index contributed by atoms with van der Waals surface area (Å²) in [6.45, 7) is 2.87. The van der Waals surface area contributed by atoms with Gasteiger partial charge in [0.25, 0.3) is 0 Å². The first-order valence-corrected chi connectivity index (χ1v) is 5.95. The zero-order valence-corrected chi connectivity index (χ0v) is 10.1. The first-order chi connectivity index (χ1) is 7.79. The summed E-state index contributed by atoms with van der Waals surface area (Å²) in [7, 11) is 4.06. The van der Waals surface area contributed by atoms with Crippen molar-refractivity contribution < 1.29 is 4.52 Å². The molecule has 5 heteroatoms. The van der Waals surface area contributed by atoms with Gasteiger partial charge in [0.15, 0.2) is 5.82 Å². The lowest BCUT2D eigenvalue weighted by Gasteiger charge is -2.13. The van der Waals surface area contributed by atoms with Crippen molar-refractivity contribution in [1.82, 2.24) is 20.4 Å². The maximum absolute atomic E-state index is 5.21. The van der Waals surface area contributed by atoms with Gasteiger partial charge in [0, 0.05) is 5.92 Å². The van der Waals surface area contributed by atoms with E-state index in [1.807, 2.05) is 7.05 Å².